The lowest BCUT2D eigenvalue weighted by Gasteiger charge is -2.36. The van der Waals surface area contributed by atoms with E-state index in [0.29, 0.717) is 51.4 Å². The zero-order valence-corrected chi connectivity index (χ0v) is 13.6. The van der Waals surface area contributed by atoms with Crippen LogP contribution in [0.25, 0.3) is 0 Å². The van der Waals surface area contributed by atoms with E-state index in [2.05, 4.69) is 17.0 Å². The molecule has 1 aromatic carbocycles. The normalized spacial score (nSPS) is 16.9. The zero-order valence-electron chi connectivity index (χ0n) is 13.6. The zero-order chi connectivity index (χ0) is 16.8. The molecule has 3 rings (SSSR count). The average Bonchev–Trinajstić information content (AvgIpc) is 3.03. The van der Waals surface area contributed by atoms with E-state index >= 15 is 0 Å². The van der Waals surface area contributed by atoms with E-state index in [1.807, 2.05) is 30.3 Å². The molecule has 1 fully saturated rings. The van der Waals surface area contributed by atoms with Crippen molar-refractivity contribution in [2.24, 2.45) is 0 Å². The molecule has 0 aliphatic carbocycles. The van der Waals surface area contributed by atoms with E-state index in [-0.39, 0.29) is 0 Å². The SMILES string of the molecule is N#Cc1ccc(CN(Cc2ccccc2)CC2(O)CCOCC2)o1. The Labute approximate surface area is 142 Å². The highest BCUT2D eigenvalue weighted by atomic mass is 16.5. The van der Waals surface area contributed by atoms with Crippen molar-refractivity contribution in [3.63, 3.8) is 0 Å². The minimum atomic E-state index is -0.738. The molecule has 0 unspecified atom stereocenters. The Morgan fingerprint density at radius 2 is 1.83 bits per heavy atom. The molecule has 126 valence electrons. The first-order valence-electron chi connectivity index (χ1n) is 8.22. The van der Waals surface area contributed by atoms with Gasteiger partial charge >= 0.3 is 0 Å². The molecule has 5 nitrogen and oxygen atoms in total. The summed E-state index contributed by atoms with van der Waals surface area (Å²) in [5.74, 6) is 1.05. The predicted octanol–water partition coefficient (Wildman–Crippen LogP) is 2.69. The van der Waals surface area contributed by atoms with Gasteiger partial charge in [0, 0.05) is 39.1 Å². The Bertz CT molecular complexity index is 684. The summed E-state index contributed by atoms with van der Waals surface area (Å²) in [5.41, 5.74) is 0.442. The summed E-state index contributed by atoms with van der Waals surface area (Å²) in [4.78, 5) is 2.17. The van der Waals surface area contributed by atoms with Gasteiger partial charge in [0.1, 0.15) is 11.8 Å². The highest BCUT2D eigenvalue weighted by molar-refractivity contribution is 5.19. The van der Waals surface area contributed by atoms with E-state index < -0.39 is 5.60 Å². The fourth-order valence-electron chi connectivity index (χ4n) is 3.08. The number of rotatable bonds is 6. The van der Waals surface area contributed by atoms with Gasteiger partial charge in [-0.3, -0.25) is 4.90 Å². The molecule has 5 heteroatoms. The highest BCUT2D eigenvalue weighted by Gasteiger charge is 2.32. The lowest BCUT2D eigenvalue weighted by Crippen LogP contribution is -2.46. The van der Waals surface area contributed by atoms with Gasteiger partial charge in [-0.1, -0.05) is 30.3 Å². The lowest BCUT2D eigenvalue weighted by atomic mass is 9.93. The van der Waals surface area contributed by atoms with Crippen LogP contribution in [0, 0.1) is 11.3 Å². The Morgan fingerprint density at radius 1 is 1.08 bits per heavy atom. The molecule has 1 aromatic heterocycles. The van der Waals surface area contributed by atoms with Gasteiger partial charge in [-0.25, -0.2) is 0 Å². The van der Waals surface area contributed by atoms with Crippen molar-refractivity contribution in [1.82, 2.24) is 4.90 Å². The molecular formula is C19H22N2O3. The van der Waals surface area contributed by atoms with Gasteiger partial charge in [-0.05, 0) is 17.7 Å². The Morgan fingerprint density at radius 3 is 2.50 bits per heavy atom. The minimum absolute atomic E-state index is 0.314. The van der Waals surface area contributed by atoms with Crippen LogP contribution < -0.4 is 0 Å². The van der Waals surface area contributed by atoms with E-state index in [9.17, 15) is 5.11 Å². The fraction of sp³-hybridized carbons (Fsp3) is 0.421. The van der Waals surface area contributed by atoms with E-state index in [4.69, 9.17) is 14.4 Å². The maximum atomic E-state index is 10.8. The standard InChI is InChI=1S/C19H22N2O3/c20-12-17-6-7-18(24-17)14-21(13-16-4-2-1-3-5-16)15-19(22)8-10-23-11-9-19/h1-7,22H,8-11,13-15H2. The molecule has 2 aromatic rings. The second-order valence-electron chi connectivity index (χ2n) is 6.35. The van der Waals surface area contributed by atoms with Crippen LogP contribution in [0.4, 0.5) is 0 Å². The first kappa shape index (κ1) is 16.7. The molecule has 0 atom stereocenters. The van der Waals surface area contributed by atoms with Crippen molar-refractivity contribution in [2.45, 2.75) is 31.5 Å². The van der Waals surface area contributed by atoms with Crippen molar-refractivity contribution in [2.75, 3.05) is 19.8 Å². The van der Waals surface area contributed by atoms with Crippen LogP contribution in [0.2, 0.25) is 0 Å². The quantitative estimate of drug-likeness (QED) is 0.884. The molecule has 0 saturated carbocycles. The number of nitrogens with zero attached hydrogens (tertiary/aromatic N) is 2. The van der Waals surface area contributed by atoms with Crippen LogP contribution in [0.15, 0.2) is 46.9 Å². The van der Waals surface area contributed by atoms with Gasteiger partial charge in [0.15, 0.2) is 0 Å². The van der Waals surface area contributed by atoms with Crippen LogP contribution in [0.3, 0.4) is 0 Å². The first-order chi connectivity index (χ1) is 11.7. The maximum Gasteiger partial charge on any atom is 0.203 e. The van der Waals surface area contributed by atoms with Gasteiger partial charge in [0.2, 0.25) is 5.76 Å². The Hall–Kier alpha value is -2.13. The number of hydrogen-bond donors (Lipinski definition) is 1. The van der Waals surface area contributed by atoms with Crippen molar-refractivity contribution in [3.05, 3.63) is 59.5 Å². The smallest absolute Gasteiger partial charge is 0.203 e. The Kier molecular flexibility index (Phi) is 5.31. The van der Waals surface area contributed by atoms with Crippen LogP contribution in [-0.4, -0.2) is 35.4 Å². The third kappa shape index (κ3) is 4.45. The van der Waals surface area contributed by atoms with E-state index in [1.54, 1.807) is 6.07 Å². The van der Waals surface area contributed by atoms with Gasteiger partial charge in [0.05, 0.1) is 12.1 Å². The number of nitriles is 1. The number of hydrogen-bond acceptors (Lipinski definition) is 5. The van der Waals surface area contributed by atoms with Gasteiger partial charge in [0.25, 0.3) is 0 Å². The van der Waals surface area contributed by atoms with Crippen molar-refractivity contribution >= 4 is 0 Å². The molecule has 2 heterocycles. The predicted molar refractivity (Wildman–Crippen MR) is 89.0 cm³/mol. The summed E-state index contributed by atoms with van der Waals surface area (Å²) >= 11 is 0. The molecule has 1 saturated heterocycles. The summed E-state index contributed by atoms with van der Waals surface area (Å²) < 4.78 is 10.9. The number of ether oxygens (including phenoxy) is 1. The highest BCUT2D eigenvalue weighted by Crippen LogP contribution is 2.24. The summed E-state index contributed by atoms with van der Waals surface area (Å²) in [6.07, 6.45) is 1.28. The third-order valence-corrected chi connectivity index (χ3v) is 4.34. The van der Waals surface area contributed by atoms with Gasteiger partial charge < -0.3 is 14.3 Å². The average molecular weight is 326 g/mol. The molecule has 0 bridgehead atoms. The lowest BCUT2D eigenvalue weighted by molar-refractivity contribution is -0.0826. The van der Waals surface area contributed by atoms with E-state index in [1.165, 1.54) is 5.56 Å². The first-order valence-corrected chi connectivity index (χ1v) is 8.22. The van der Waals surface area contributed by atoms with Crippen molar-refractivity contribution in [1.29, 1.82) is 5.26 Å². The molecule has 0 spiro atoms. The van der Waals surface area contributed by atoms with Gasteiger partial charge in [-0.15, -0.1) is 0 Å². The Balaban J connectivity index is 1.73. The summed E-state index contributed by atoms with van der Waals surface area (Å²) in [6, 6.07) is 15.7. The number of benzene rings is 1. The number of aliphatic hydroxyl groups is 1. The molecule has 24 heavy (non-hydrogen) atoms. The summed E-state index contributed by atoms with van der Waals surface area (Å²) in [5, 5.41) is 19.8. The molecule has 1 N–H and O–H groups in total. The third-order valence-electron chi connectivity index (χ3n) is 4.34. The molecular weight excluding hydrogens is 304 g/mol. The minimum Gasteiger partial charge on any atom is -0.449 e. The second kappa shape index (κ2) is 7.63. The van der Waals surface area contributed by atoms with Crippen LogP contribution in [0.5, 0.6) is 0 Å². The van der Waals surface area contributed by atoms with Crippen molar-refractivity contribution < 1.29 is 14.3 Å². The van der Waals surface area contributed by atoms with Crippen LogP contribution in [0.1, 0.15) is 29.9 Å². The van der Waals surface area contributed by atoms with Crippen LogP contribution >= 0.6 is 0 Å². The molecule has 0 radical (unpaired) electrons. The van der Waals surface area contributed by atoms with Gasteiger partial charge in [-0.2, -0.15) is 5.26 Å². The van der Waals surface area contributed by atoms with Crippen LogP contribution in [-0.2, 0) is 17.8 Å². The van der Waals surface area contributed by atoms with Crippen molar-refractivity contribution in [3.8, 4) is 6.07 Å². The molecule has 0 amide bonds. The molecule has 1 aliphatic heterocycles. The monoisotopic (exact) mass is 326 g/mol. The second-order valence-corrected chi connectivity index (χ2v) is 6.35. The number of furan rings is 1. The topological polar surface area (TPSA) is 69.6 Å². The summed E-state index contributed by atoms with van der Waals surface area (Å²) in [6.45, 7) is 3.00. The molecule has 1 aliphatic rings. The largest absolute Gasteiger partial charge is 0.449 e. The summed E-state index contributed by atoms with van der Waals surface area (Å²) in [7, 11) is 0. The maximum absolute atomic E-state index is 10.8. The fourth-order valence-corrected chi connectivity index (χ4v) is 3.08. The van der Waals surface area contributed by atoms with E-state index in [0.717, 1.165) is 5.76 Å².